The number of pyridine rings is 1. The summed E-state index contributed by atoms with van der Waals surface area (Å²) in [7, 11) is 0. The van der Waals surface area contributed by atoms with Crippen molar-refractivity contribution in [1.82, 2.24) is 24.8 Å². The van der Waals surface area contributed by atoms with Crippen LogP contribution in [-0.4, -0.2) is 63.7 Å². The highest BCUT2D eigenvalue weighted by molar-refractivity contribution is 5.94. The molecule has 0 radical (unpaired) electrons. The number of anilines is 2. The van der Waals surface area contributed by atoms with Gasteiger partial charge in [0.05, 0.1) is 6.42 Å². The van der Waals surface area contributed by atoms with Crippen molar-refractivity contribution in [3.05, 3.63) is 59.8 Å². The molecule has 0 fully saturated rings. The van der Waals surface area contributed by atoms with Gasteiger partial charge in [0.2, 0.25) is 11.9 Å². The molecule has 0 spiro atoms. The molecule has 0 bridgehead atoms. The van der Waals surface area contributed by atoms with E-state index in [0.29, 0.717) is 48.9 Å². The molecule has 36 heavy (non-hydrogen) atoms. The van der Waals surface area contributed by atoms with Gasteiger partial charge in [0.15, 0.2) is 5.65 Å². The molecule has 1 aliphatic rings. The van der Waals surface area contributed by atoms with Crippen LogP contribution in [0, 0.1) is 0 Å². The molecule has 2 amide bonds. The molecule has 9 nitrogen and oxygen atoms in total. The number of aromatic nitrogens is 3. The SMILES string of the molecule is NCCNC(=O)c1ccc(Nc2nc3c(C4=CCN(C(=O)CCC(F)(F)F)CC4)cccn3n2)cc1. The Kier molecular flexibility index (Phi) is 7.53. The second-order valence-corrected chi connectivity index (χ2v) is 8.31. The monoisotopic (exact) mass is 501 g/mol. The third kappa shape index (κ3) is 6.19. The summed E-state index contributed by atoms with van der Waals surface area (Å²) in [5, 5.41) is 10.3. The maximum Gasteiger partial charge on any atom is 0.389 e. The first-order chi connectivity index (χ1) is 17.2. The van der Waals surface area contributed by atoms with E-state index in [1.165, 1.54) is 4.90 Å². The van der Waals surface area contributed by atoms with Gasteiger partial charge in [0.1, 0.15) is 0 Å². The number of alkyl halides is 3. The molecule has 0 unspecified atom stereocenters. The fourth-order valence-corrected chi connectivity index (χ4v) is 3.88. The first-order valence-corrected chi connectivity index (χ1v) is 11.5. The number of nitrogens with zero attached hydrogens (tertiary/aromatic N) is 4. The molecular weight excluding hydrogens is 475 g/mol. The molecule has 3 heterocycles. The van der Waals surface area contributed by atoms with E-state index >= 15 is 0 Å². The maximum atomic E-state index is 12.4. The predicted octanol–water partition coefficient (Wildman–Crippen LogP) is 3.12. The Morgan fingerprint density at radius 2 is 1.92 bits per heavy atom. The summed E-state index contributed by atoms with van der Waals surface area (Å²) in [6, 6.07) is 10.6. The Labute approximate surface area is 205 Å². The number of nitrogens with one attached hydrogen (secondary N) is 2. The van der Waals surface area contributed by atoms with Crippen molar-refractivity contribution in [2.45, 2.75) is 25.4 Å². The number of carbonyl (C=O) groups excluding carboxylic acids is 2. The van der Waals surface area contributed by atoms with Gasteiger partial charge in [-0.05, 0) is 48.4 Å². The van der Waals surface area contributed by atoms with Gasteiger partial charge in [-0.3, -0.25) is 9.59 Å². The van der Waals surface area contributed by atoms with Crippen LogP contribution in [-0.2, 0) is 4.79 Å². The second-order valence-electron chi connectivity index (χ2n) is 8.31. The lowest BCUT2D eigenvalue weighted by Crippen LogP contribution is -2.35. The molecule has 4 rings (SSSR count). The number of hydrogen-bond donors (Lipinski definition) is 3. The van der Waals surface area contributed by atoms with Crippen LogP contribution in [0.2, 0.25) is 0 Å². The standard InChI is InChI=1S/C24H26F3N7O2/c25-24(26,27)10-7-20(35)33-14-8-16(9-15-33)19-2-1-13-34-21(19)31-23(32-34)30-18-5-3-17(4-6-18)22(36)29-12-11-28/h1-6,8,13H,7,9-12,14-15,28H2,(H,29,36)(H,30,32). The lowest BCUT2D eigenvalue weighted by Gasteiger charge is -2.27. The van der Waals surface area contributed by atoms with Crippen LogP contribution in [0.3, 0.4) is 0 Å². The van der Waals surface area contributed by atoms with Crippen LogP contribution in [0.5, 0.6) is 0 Å². The third-order valence-electron chi connectivity index (χ3n) is 5.73. The molecular formula is C24H26F3N7O2. The number of benzene rings is 1. The highest BCUT2D eigenvalue weighted by atomic mass is 19.4. The average molecular weight is 502 g/mol. The second kappa shape index (κ2) is 10.8. The molecule has 12 heteroatoms. The lowest BCUT2D eigenvalue weighted by atomic mass is 10.00. The number of carbonyl (C=O) groups is 2. The van der Waals surface area contributed by atoms with Crippen molar-refractivity contribution < 1.29 is 22.8 Å². The van der Waals surface area contributed by atoms with E-state index in [4.69, 9.17) is 5.73 Å². The van der Waals surface area contributed by atoms with E-state index in [1.807, 2.05) is 18.2 Å². The minimum atomic E-state index is -4.34. The highest BCUT2D eigenvalue weighted by Crippen LogP contribution is 2.28. The molecule has 1 aliphatic heterocycles. The van der Waals surface area contributed by atoms with Crippen LogP contribution in [0.1, 0.15) is 35.2 Å². The van der Waals surface area contributed by atoms with Gasteiger partial charge < -0.3 is 21.3 Å². The molecule has 2 aromatic heterocycles. The Bertz CT molecular complexity index is 1270. The van der Waals surface area contributed by atoms with Gasteiger partial charge in [-0.1, -0.05) is 6.08 Å². The van der Waals surface area contributed by atoms with E-state index in [9.17, 15) is 22.8 Å². The van der Waals surface area contributed by atoms with Gasteiger partial charge in [-0.2, -0.15) is 18.2 Å². The molecule has 0 saturated carbocycles. The number of rotatable bonds is 8. The molecule has 0 saturated heterocycles. The third-order valence-corrected chi connectivity index (χ3v) is 5.73. The minimum Gasteiger partial charge on any atom is -0.351 e. The van der Waals surface area contributed by atoms with Crippen LogP contribution < -0.4 is 16.4 Å². The van der Waals surface area contributed by atoms with Gasteiger partial charge in [0, 0.05) is 55.6 Å². The van der Waals surface area contributed by atoms with E-state index in [1.54, 1.807) is 35.0 Å². The largest absolute Gasteiger partial charge is 0.389 e. The fourth-order valence-electron chi connectivity index (χ4n) is 3.88. The van der Waals surface area contributed by atoms with E-state index < -0.39 is 24.9 Å². The van der Waals surface area contributed by atoms with Gasteiger partial charge >= 0.3 is 6.18 Å². The van der Waals surface area contributed by atoms with Crippen LogP contribution in [0.4, 0.5) is 24.8 Å². The van der Waals surface area contributed by atoms with E-state index in [0.717, 1.165) is 11.1 Å². The molecule has 3 aromatic rings. The summed E-state index contributed by atoms with van der Waals surface area (Å²) >= 11 is 0. The molecule has 0 atom stereocenters. The fraction of sp³-hybridized carbons (Fsp3) is 0.333. The van der Waals surface area contributed by atoms with Crippen molar-refractivity contribution >= 4 is 34.7 Å². The van der Waals surface area contributed by atoms with E-state index in [2.05, 4.69) is 20.7 Å². The van der Waals surface area contributed by atoms with Crippen molar-refractivity contribution in [3.8, 4) is 0 Å². The summed E-state index contributed by atoms with van der Waals surface area (Å²) in [4.78, 5) is 30.2. The van der Waals surface area contributed by atoms with Crippen LogP contribution >= 0.6 is 0 Å². The van der Waals surface area contributed by atoms with Crippen LogP contribution in [0.25, 0.3) is 11.2 Å². The minimum absolute atomic E-state index is 0.205. The van der Waals surface area contributed by atoms with Gasteiger partial charge in [-0.25, -0.2) is 4.52 Å². The summed E-state index contributed by atoms with van der Waals surface area (Å²) in [5.41, 5.74) is 9.02. The van der Waals surface area contributed by atoms with Crippen LogP contribution in [0.15, 0.2) is 48.7 Å². The average Bonchev–Trinajstić information content (AvgIpc) is 3.28. The van der Waals surface area contributed by atoms with Crippen molar-refractivity contribution in [2.75, 3.05) is 31.5 Å². The first kappa shape index (κ1) is 25.2. The van der Waals surface area contributed by atoms with Gasteiger partial charge in [0.25, 0.3) is 5.91 Å². The lowest BCUT2D eigenvalue weighted by molar-refractivity contribution is -0.148. The topological polar surface area (TPSA) is 118 Å². The Morgan fingerprint density at radius 1 is 1.14 bits per heavy atom. The van der Waals surface area contributed by atoms with Crippen molar-refractivity contribution in [1.29, 1.82) is 0 Å². The number of halogens is 3. The molecule has 0 aliphatic carbocycles. The summed E-state index contributed by atoms with van der Waals surface area (Å²) in [5.74, 6) is -0.343. The van der Waals surface area contributed by atoms with Gasteiger partial charge in [-0.15, -0.1) is 5.10 Å². The highest BCUT2D eigenvalue weighted by Gasteiger charge is 2.29. The van der Waals surface area contributed by atoms with Crippen molar-refractivity contribution in [2.24, 2.45) is 5.73 Å². The number of hydrogen-bond acceptors (Lipinski definition) is 6. The zero-order chi connectivity index (χ0) is 25.7. The Balaban J connectivity index is 1.44. The first-order valence-electron chi connectivity index (χ1n) is 11.5. The Morgan fingerprint density at radius 3 is 2.58 bits per heavy atom. The number of fused-ring (bicyclic) bond motifs is 1. The van der Waals surface area contributed by atoms with Crippen molar-refractivity contribution in [3.63, 3.8) is 0 Å². The summed E-state index contributed by atoms with van der Waals surface area (Å²) in [6.07, 6.45) is -1.89. The predicted molar refractivity (Wildman–Crippen MR) is 129 cm³/mol. The zero-order valence-electron chi connectivity index (χ0n) is 19.4. The smallest absolute Gasteiger partial charge is 0.351 e. The molecule has 190 valence electrons. The maximum absolute atomic E-state index is 12.4. The quantitative estimate of drug-likeness (QED) is 0.437. The molecule has 1 aromatic carbocycles. The zero-order valence-corrected chi connectivity index (χ0v) is 19.4. The normalized spacial score (nSPS) is 14.0. The Hall–Kier alpha value is -3.93. The number of amides is 2. The number of nitrogens with two attached hydrogens (primary N) is 1. The summed E-state index contributed by atoms with van der Waals surface area (Å²) < 4.78 is 38.9. The summed E-state index contributed by atoms with van der Waals surface area (Å²) in [6.45, 7) is 1.35. The molecule has 4 N–H and O–H groups in total. The van der Waals surface area contributed by atoms with E-state index in [-0.39, 0.29) is 12.5 Å².